The van der Waals surface area contributed by atoms with Gasteiger partial charge in [-0.15, -0.1) is 0 Å². The maximum absolute atomic E-state index is 12.5. The first kappa shape index (κ1) is 20.2. The molecule has 1 fully saturated rings. The van der Waals surface area contributed by atoms with Crippen molar-refractivity contribution in [3.8, 4) is 5.75 Å². The fourth-order valence-electron chi connectivity index (χ4n) is 2.99. The van der Waals surface area contributed by atoms with Crippen molar-refractivity contribution >= 4 is 10.0 Å². The smallest absolute Gasteiger partial charge is 0.240 e. The Morgan fingerprint density at radius 3 is 2.64 bits per heavy atom. The lowest BCUT2D eigenvalue weighted by molar-refractivity contribution is 0.110. The molecule has 7 heteroatoms. The molecule has 1 aromatic carbocycles. The minimum absolute atomic E-state index is 0.271. The van der Waals surface area contributed by atoms with Crippen LogP contribution < -0.4 is 9.46 Å². The first-order chi connectivity index (χ1) is 12.0. The van der Waals surface area contributed by atoms with E-state index in [0.717, 1.165) is 32.5 Å². The Labute approximate surface area is 151 Å². The van der Waals surface area contributed by atoms with Crippen LogP contribution in [0.1, 0.15) is 26.7 Å². The molecular formula is C18H30N2O4S. The lowest BCUT2D eigenvalue weighted by Gasteiger charge is -2.31. The Kier molecular flexibility index (Phi) is 8.15. The normalized spacial score (nSPS) is 19.0. The van der Waals surface area contributed by atoms with Gasteiger partial charge in [0.2, 0.25) is 10.0 Å². The van der Waals surface area contributed by atoms with E-state index in [1.54, 1.807) is 24.3 Å². The highest BCUT2D eigenvalue weighted by molar-refractivity contribution is 7.89. The molecule has 1 aromatic rings. The van der Waals surface area contributed by atoms with E-state index in [1.807, 2.05) is 6.92 Å². The van der Waals surface area contributed by atoms with Crippen LogP contribution in [0.25, 0.3) is 0 Å². The molecule has 0 aromatic heterocycles. The maximum Gasteiger partial charge on any atom is 0.240 e. The third kappa shape index (κ3) is 6.58. The van der Waals surface area contributed by atoms with Crippen LogP contribution in [-0.4, -0.2) is 59.3 Å². The number of hydrogen-bond acceptors (Lipinski definition) is 5. The number of benzene rings is 1. The zero-order valence-corrected chi connectivity index (χ0v) is 16.1. The van der Waals surface area contributed by atoms with Crippen LogP contribution in [0.3, 0.4) is 0 Å². The van der Waals surface area contributed by atoms with Gasteiger partial charge in [0.25, 0.3) is 0 Å². The minimum Gasteiger partial charge on any atom is -0.491 e. The van der Waals surface area contributed by atoms with Gasteiger partial charge >= 0.3 is 0 Å². The summed E-state index contributed by atoms with van der Waals surface area (Å²) in [6.07, 6.45) is 2.21. The Morgan fingerprint density at radius 2 is 1.96 bits per heavy atom. The first-order valence-electron chi connectivity index (χ1n) is 9.07. The quantitative estimate of drug-likeness (QED) is 0.639. The minimum atomic E-state index is -3.48. The van der Waals surface area contributed by atoms with Gasteiger partial charge in [0.05, 0.1) is 11.5 Å². The van der Waals surface area contributed by atoms with Gasteiger partial charge in [-0.2, -0.15) is 0 Å². The van der Waals surface area contributed by atoms with Gasteiger partial charge in [-0.1, -0.05) is 6.92 Å². The van der Waals surface area contributed by atoms with Crippen molar-refractivity contribution in [1.82, 2.24) is 9.62 Å². The molecule has 6 nitrogen and oxygen atoms in total. The van der Waals surface area contributed by atoms with Crippen LogP contribution in [0, 0.1) is 5.92 Å². The van der Waals surface area contributed by atoms with Crippen LogP contribution in [-0.2, 0) is 14.8 Å². The zero-order valence-electron chi connectivity index (χ0n) is 15.2. The van der Waals surface area contributed by atoms with E-state index >= 15 is 0 Å². The van der Waals surface area contributed by atoms with Crippen molar-refractivity contribution in [2.24, 2.45) is 5.92 Å². The van der Waals surface area contributed by atoms with E-state index in [0.29, 0.717) is 38.0 Å². The van der Waals surface area contributed by atoms with Gasteiger partial charge < -0.3 is 14.4 Å². The van der Waals surface area contributed by atoms with Crippen LogP contribution in [0.2, 0.25) is 0 Å². The lowest BCUT2D eigenvalue weighted by atomic mass is 9.98. The average molecular weight is 371 g/mol. The summed E-state index contributed by atoms with van der Waals surface area (Å²) in [5, 5.41) is 0. The van der Waals surface area contributed by atoms with Gasteiger partial charge in [0, 0.05) is 19.7 Å². The van der Waals surface area contributed by atoms with Gasteiger partial charge in [-0.3, -0.25) is 0 Å². The molecule has 1 saturated heterocycles. The number of nitrogens with one attached hydrogen (secondary N) is 1. The van der Waals surface area contributed by atoms with Crippen LogP contribution in [0.5, 0.6) is 5.75 Å². The third-order valence-corrected chi connectivity index (χ3v) is 5.89. The van der Waals surface area contributed by atoms with Crippen molar-refractivity contribution in [3.63, 3.8) is 0 Å². The fourth-order valence-corrected chi connectivity index (χ4v) is 4.11. The molecule has 0 saturated carbocycles. The summed E-state index contributed by atoms with van der Waals surface area (Å²) in [4.78, 5) is 2.64. The Balaban J connectivity index is 1.84. The van der Waals surface area contributed by atoms with E-state index in [9.17, 15) is 8.42 Å². The van der Waals surface area contributed by atoms with E-state index in [-0.39, 0.29) is 4.90 Å². The van der Waals surface area contributed by atoms with Crippen LogP contribution in [0.4, 0.5) is 0 Å². The standard InChI is InChI=1S/C18H30N2O4S/c1-3-20-11-5-6-16(15-20)14-19-25(21,22)18-9-7-17(8-10-18)24-13-12-23-4-2/h7-10,16,19H,3-6,11-15H2,1-2H3/t16-/m0/s1. The molecular weight excluding hydrogens is 340 g/mol. The monoisotopic (exact) mass is 370 g/mol. The fraction of sp³-hybridized carbons (Fsp3) is 0.667. The molecule has 25 heavy (non-hydrogen) atoms. The molecule has 1 N–H and O–H groups in total. The second-order valence-corrected chi connectivity index (χ2v) is 8.04. The highest BCUT2D eigenvalue weighted by atomic mass is 32.2. The van der Waals surface area contributed by atoms with Crippen molar-refractivity contribution in [3.05, 3.63) is 24.3 Å². The highest BCUT2D eigenvalue weighted by Gasteiger charge is 2.21. The summed E-state index contributed by atoms with van der Waals surface area (Å²) in [6.45, 7) is 9.30. The molecule has 1 aliphatic rings. The van der Waals surface area contributed by atoms with Crippen molar-refractivity contribution in [2.45, 2.75) is 31.6 Å². The van der Waals surface area contributed by atoms with Gasteiger partial charge in [-0.25, -0.2) is 13.1 Å². The Morgan fingerprint density at radius 1 is 1.20 bits per heavy atom. The first-order valence-corrected chi connectivity index (χ1v) is 10.6. The topological polar surface area (TPSA) is 67.9 Å². The number of hydrogen-bond donors (Lipinski definition) is 1. The second kappa shape index (κ2) is 10.1. The summed E-state index contributed by atoms with van der Waals surface area (Å²) in [5.41, 5.74) is 0. The summed E-state index contributed by atoms with van der Waals surface area (Å²) >= 11 is 0. The molecule has 0 amide bonds. The molecule has 0 unspecified atom stereocenters. The zero-order chi connectivity index (χ0) is 18.1. The molecule has 1 atom stereocenters. The number of nitrogens with zero attached hydrogens (tertiary/aromatic N) is 1. The van der Waals surface area contributed by atoms with E-state index in [1.165, 1.54) is 0 Å². The summed E-state index contributed by atoms with van der Waals surface area (Å²) < 4.78 is 38.4. The highest BCUT2D eigenvalue weighted by Crippen LogP contribution is 2.18. The number of sulfonamides is 1. The number of rotatable bonds is 10. The predicted molar refractivity (Wildman–Crippen MR) is 98.5 cm³/mol. The summed E-state index contributed by atoms with van der Waals surface area (Å²) in [6, 6.07) is 6.52. The van der Waals surface area contributed by atoms with Gasteiger partial charge in [0.15, 0.2) is 0 Å². The van der Waals surface area contributed by atoms with Gasteiger partial charge in [-0.05, 0) is 63.0 Å². The SMILES string of the molecule is CCOCCOc1ccc(S(=O)(=O)NC[C@@H]2CCCN(CC)C2)cc1. The van der Waals surface area contributed by atoms with E-state index in [2.05, 4.69) is 16.5 Å². The van der Waals surface area contributed by atoms with Gasteiger partial charge in [0.1, 0.15) is 12.4 Å². The maximum atomic E-state index is 12.5. The largest absolute Gasteiger partial charge is 0.491 e. The van der Waals surface area contributed by atoms with Crippen LogP contribution in [0.15, 0.2) is 29.2 Å². The molecule has 0 aliphatic carbocycles. The molecule has 1 aliphatic heterocycles. The summed E-state index contributed by atoms with van der Waals surface area (Å²) in [5.74, 6) is 1.02. The third-order valence-electron chi connectivity index (χ3n) is 4.45. The number of piperidine rings is 1. The van der Waals surface area contributed by atoms with Crippen molar-refractivity contribution in [2.75, 3.05) is 46.0 Å². The number of ether oxygens (including phenoxy) is 2. The Bertz CT molecular complexity index is 604. The molecule has 2 rings (SSSR count). The predicted octanol–water partition coefficient (Wildman–Crippen LogP) is 2.11. The molecule has 142 valence electrons. The Hall–Kier alpha value is -1.15. The molecule has 0 spiro atoms. The molecule has 0 bridgehead atoms. The summed E-state index contributed by atoms with van der Waals surface area (Å²) in [7, 11) is -3.48. The van der Waals surface area contributed by atoms with Crippen LogP contribution >= 0.6 is 0 Å². The molecule has 0 radical (unpaired) electrons. The molecule has 1 heterocycles. The number of likely N-dealkylation sites (tertiary alicyclic amines) is 1. The lowest BCUT2D eigenvalue weighted by Crippen LogP contribution is -2.40. The van der Waals surface area contributed by atoms with E-state index in [4.69, 9.17) is 9.47 Å². The second-order valence-electron chi connectivity index (χ2n) is 6.27. The van der Waals surface area contributed by atoms with Crippen molar-refractivity contribution in [1.29, 1.82) is 0 Å². The van der Waals surface area contributed by atoms with Crippen molar-refractivity contribution < 1.29 is 17.9 Å². The van der Waals surface area contributed by atoms with E-state index < -0.39 is 10.0 Å². The average Bonchev–Trinajstić information content (AvgIpc) is 2.64.